The van der Waals surface area contributed by atoms with E-state index in [2.05, 4.69) is 21.2 Å². The second-order valence-electron chi connectivity index (χ2n) is 4.90. The van der Waals surface area contributed by atoms with E-state index >= 15 is 0 Å². The van der Waals surface area contributed by atoms with Crippen LogP contribution in [0.3, 0.4) is 0 Å². The van der Waals surface area contributed by atoms with Crippen LogP contribution in [0.4, 0.5) is 4.39 Å². The highest BCUT2D eigenvalue weighted by Crippen LogP contribution is 2.16. The molecule has 0 fully saturated rings. The number of rotatable bonds is 3. The van der Waals surface area contributed by atoms with Gasteiger partial charge in [-0.15, -0.1) is 0 Å². The van der Waals surface area contributed by atoms with Crippen LogP contribution < -0.4 is 10.9 Å². The van der Waals surface area contributed by atoms with Gasteiger partial charge in [0, 0.05) is 22.0 Å². The van der Waals surface area contributed by atoms with Crippen molar-refractivity contribution < 1.29 is 13.6 Å². The Hall–Kier alpha value is -2.47. The van der Waals surface area contributed by atoms with E-state index in [1.54, 1.807) is 36.4 Å². The van der Waals surface area contributed by atoms with Crippen molar-refractivity contribution in [3.63, 3.8) is 0 Å². The van der Waals surface area contributed by atoms with Crippen LogP contribution in [0.1, 0.15) is 15.9 Å². The second kappa shape index (κ2) is 6.34. The van der Waals surface area contributed by atoms with Gasteiger partial charge in [0.2, 0.25) is 0 Å². The number of carbonyl (C=O) groups is 1. The van der Waals surface area contributed by atoms with Gasteiger partial charge in [0.15, 0.2) is 0 Å². The Balaban J connectivity index is 1.85. The molecule has 1 N–H and O–H groups in total. The maximum atomic E-state index is 13.7. The molecule has 0 spiro atoms. The summed E-state index contributed by atoms with van der Waals surface area (Å²) in [6.07, 6.45) is 0. The average molecular weight is 376 g/mol. The first-order chi connectivity index (χ1) is 11.0. The smallest absolute Gasteiger partial charge is 0.349 e. The zero-order chi connectivity index (χ0) is 16.4. The highest BCUT2D eigenvalue weighted by atomic mass is 79.9. The molecule has 0 aliphatic carbocycles. The summed E-state index contributed by atoms with van der Waals surface area (Å²) in [5, 5.41) is 3.17. The fourth-order valence-electron chi connectivity index (χ4n) is 2.17. The van der Waals surface area contributed by atoms with Crippen LogP contribution in [-0.2, 0) is 6.54 Å². The molecule has 0 saturated carbocycles. The minimum Gasteiger partial charge on any atom is -0.422 e. The number of amides is 1. The van der Waals surface area contributed by atoms with Crippen molar-refractivity contribution in [1.29, 1.82) is 0 Å². The minimum atomic E-state index is -0.726. The molecule has 2 aromatic carbocycles. The Morgan fingerprint density at radius 1 is 1.17 bits per heavy atom. The lowest BCUT2D eigenvalue weighted by Gasteiger charge is -2.07. The molecule has 0 aliphatic heterocycles. The fourth-order valence-corrected chi connectivity index (χ4v) is 2.58. The first kappa shape index (κ1) is 15.4. The van der Waals surface area contributed by atoms with Crippen molar-refractivity contribution in [2.45, 2.75) is 6.54 Å². The lowest BCUT2D eigenvalue weighted by atomic mass is 10.1. The third kappa shape index (κ3) is 3.32. The monoisotopic (exact) mass is 375 g/mol. The number of para-hydroxylation sites is 1. The largest absolute Gasteiger partial charge is 0.422 e. The first-order valence-corrected chi connectivity index (χ1v) is 7.59. The number of carbonyl (C=O) groups excluding carboxylic acids is 1. The van der Waals surface area contributed by atoms with Gasteiger partial charge in [-0.05, 0) is 30.3 Å². The van der Waals surface area contributed by atoms with E-state index in [9.17, 15) is 14.0 Å². The van der Waals surface area contributed by atoms with E-state index in [4.69, 9.17) is 4.42 Å². The molecule has 3 aromatic rings. The van der Waals surface area contributed by atoms with Gasteiger partial charge in [-0.1, -0.05) is 34.1 Å². The van der Waals surface area contributed by atoms with Crippen molar-refractivity contribution in [3.8, 4) is 0 Å². The summed E-state index contributed by atoms with van der Waals surface area (Å²) in [6.45, 7) is -0.0314. The molecular weight excluding hydrogens is 365 g/mol. The van der Waals surface area contributed by atoms with Gasteiger partial charge in [0.05, 0.1) is 0 Å². The molecular formula is C17H11BrFNO3. The van der Waals surface area contributed by atoms with Crippen LogP contribution in [0.5, 0.6) is 0 Å². The molecule has 116 valence electrons. The van der Waals surface area contributed by atoms with Gasteiger partial charge in [0.25, 0.3) is 5.91 Å². The van der Waals surface area contributed by atoms with Crippen molar-refractivity contribution >= 4 is 32.8 Å². The number of hydrogen-bond donors (Lipinski definition) is 1. The van der Waals surface area contributed by atoms with Crippen LogP contribution in [0.15, 0.2) is 62.2 Å². The van der Waals surface area contributed by atoms with Crippen LogP contribution in [0, 0.1) is 5.82 Å². The highest BCUT2D eigenvalue weighted by molar-refractivity contribution is 9.10. The molecule has 3 rings (SSSR count). The number of halogens is 2. The maximum Gasteiger partial charge on any atom is 0.349 e. The van der Waals surface area contributed by atoms with Gasteiger partial charge >= 0.3 is 5.63 Å². The molecule has 1 amide bonds. The summed E-state index contributed by atoms with van der Waals surface area (Å²) < 4.78 is 19.5. The second-order valence-corrected chi connectivity index (χ2v) is 5.82. The molecule has 0 radical (unpaired) electrons. The Labute approximate surface area is 139 Å². The topological polar surface area (TPSA) is 59.3 Å². The van der Waals surface area contributed by atoms with Crippen LogP contribution in [-0.4, -0.2) is 5.91 Å². The Kier molecular flexibility index (Phi) is 4.25. The molecule has 4 nitrogen and oxygen atoms in total. The summed E-state index contributed by atoms with van der Waals surface area (Å²) in [6, 6.07) is 12.8. The van der Waals surface area contributed by atoms with Crippen molar-refractivity contribution in [1.82, 2.24) is 5.32 Å². The van der Waals surface area contributed by atoms with Gasteiger partial charge in [-0.25, -0.2) is 9.18 Å². The van der Waals surface area contributed by atoms with E-state index in [-0.39, 0.29) is 12.1 Å². The number of benzene rings is 2. The molecule has 0 bridgehead atoms. The third-order valence-electron chi connectivity index (χ3n) is 3.33. The Morgan fingerprint density at radius 2 is 1.96 bits per heavy atom. The number of nitrogens with one attached hydrogen (secondary N) is 1. The predicted molar refractivity (Wildman–Crippen MR) is 87.8 cm³/mol. The molecule has 1 aromatic heterocycles. The van der Waals surface area contributed by atoms with Gasteiger partial charge in [0.1, 0.15) is 17.0 Å². The van der Waals surface area contributed by atoms with Crippen LogP contribution in [0.25, 0.3) is 11.0 Å². The number of fused-ring (bicyclic) bond motifs is 1. The van der Waals surface area contributed by atoms with Crippen LogP contribution in [0.2, 0.25) is 0 Å². The molecule has 23 heavy (non-hydrogen) atoms. The fraction of sp³-hybridized carbons (Fsp3) is 0.0588. The summed E-state index contributed by atoms with van der Waals surface area (Å²) in [5.41, 5.74) is -0.111. The van der Waals surface area contributed by atoms with E-state index < -0.39 is 17.3 Å². The summed E-state index contributed by atoms with van der Waals surface area (Å²) in [5.74, 6) is -1.04. The zero-order valence-electron chi connectivity index (χ0n) is 11.8. The van der Waals surface area contributed by atoms with Crippen molar-refractivity contribution in [3.05, 3.63) is 80.4 Å². The summed E-state index contributed by atoms with van der Waals surface area (Å²) in [7, 11) is 0. The van der Waals surface area contributed by atoms with E-state index in [1.165, 1.54) is 12.1 Å². The number of hydrogen-bond acceptors (Lipinski definition) is 3. The molecule has 0 aliphatic rings. The van der Waals surface area contributed by atoms with E-state index in [0.29, 0.717) is 21.0 Å². The third-order valence-corrected chi connectivity index (χ3v) is 3.83. The molecule has 0 unspecified atom stereocenters. The maximum absolute atomic E-state index is 13.7. The normalized spacial score (nSPS) is 10.7. The standard InChI is InChI=1S/C17H11BrFNO3/c18-12-5-6-14(19)11(7-12)9-20-16(21)13-8-10-3-1-2-4-15(10)23-17(13)22/h1-8H,9H2,(H,20,21). The Morgan fingerprint density at radius 3 is 2.78 bits per heavy atom. The summed E-state index contributed by atoms with van der Waals surface area (Å²) in [4.78, 5) is 24.1. The quantitative estimate of drug-likeness (QED) is 0.711. The Bertz CT molecular complexity index is 952. The first-order valence-electron chi connectivity index (χ1n) is 6.79. The molecule has 1 heterocycles. The SMILES string of the molecule is O=C(NCc1cc(Br)ccc1F)c1cc2ccccc2oc1=O. The lowest BCUT2D eigenvalue weighted by molar-refractivity contribution is 0.0947. The molecule has 6 heteroatoms. The van der Waals surface area contributed by atoms with E-state index in [0.717, 1.165) is 0 Å². The minimum absolute atomic E-state index is 0.0314. The van der Waals surface area contributed by atoms with Gasteiger partial charge in [-0.2, -0.15) is 0 Å². The lowest BCUT2D eigenvalue weighted by Crippen LogP contribution is -2.28. The van der Waals surface area contributed by atoms with Crippen LogP contribution >= 0.6 is 15.9 Å². The van der Waals surface area contributed by atoms with Gasteiger partial charge < -0.3 is 9.73 Å². The van der Waals surface area contributed by atoms with Gasteiger partial charge in [-0.3, -0.25) is 4.79 Å². The predicted octanol–water partition coefficient (Wildman–Crippen LogP) is 3.62. The van der Waals surface area contributed by atoms with Crippen molar-refractivity contribution in [2.24, 2.45) is 0 Å². The average Bonchev–Trinajstić information content (AvgIpc) is 2.54. The van der Waals surface area contributed by atoms with E-state index in [1.807, 2.05) is 0 Å². The summed E-state index contributed by atoms with van der Waals surface area (Å²) >= 11 is 3.24. The molecule has 0 saturated heterocycles. The zero-order valence-corrected chi connectivity index (χ0v) is 13.4. The van der Waals surface area contributed by atoms with Crippen molar-refractivity contribution in [2.75, 3.05) is 0 Å². The highest BCUT2D eigenvalue weighted by Gasteiger charge is 2.14. The molecule has 0 atom stereocenters.